The fourth-order valence-corrected chi connectivity index (χ4v) is 2.36. The summed E-state index contributed by atoms with van der Waals surface area (Å²) in [4.78, 5) is 11.8. The first-order chi connectivity index (χ1) is 10.5. The zero-order chi connectivity index (χ0) is 16.1. The number of rotatable bonds is 5. The molecule has 0 bridgehead atoms. The molecule has 0 spiro atoms. The topological polar surface area (TPSA) is 45.7 Å². The van der Waals surface area contributed by atoms with Gasteiger partial charge in [-0.3, -0.25) is 4.79 Å². The maximum atomic E-state index is 13.4. The average molecular weight is 326 g/mol. The number of amides is 1. The lowest BCUT2D eigenvalue weighted by atomic mass is 10.1. The molecule has 6 heteroatoms. The Labute approximate surface area is 132 Å². The number of quaternary nitrogens is 1. The molecule has 1 amide bonds. The minimum Gasteiger partial charge on any atom is -0.332 e. The van der Waals surface area contributed by atoms with E-state index in [9.17, 15) is 13.6 Å². The van der Waals surface area contributed by atoms with E-state index in [4.69, 9.17) is 11.6 Å². The van der Waals surface area contributed by atoms with Crippen LogP contribution < -0.4 is 10.6 Å². The molecule has 22 heavy (non-hydrogen) atoms. The van der Waals surface area contributed by atoms with Crippen LogP contribution in [0.2, 0.25) is 5.02 Å². The van der Waals surface area contributed by atoms with E-state index in [0.29, 0.717) is 5.02 Å². The van der Waals surface area contributed by atoms with Crippen LogP contribution in [-0.2, 0) is 4.79 Å². The van der Waals surface area contributed by atoms with Crippen LogP contribution >= 0.6 is 11.6 Å². The molecule has 0 aliphatic heterocycles. The molecule has 0 fully saturated rings. The van der Waals surface area contributed by atoms with Gasteiger partial charge in [0, 0.05) is 16.7 Å². The SMILES string of the molecule is C[C@H]([NH2+]CC(=O)Nc1ccc(F)cc1F)c1ccccc1Cl. The highest BCUT2D eigenvalue weighted by molar-refractivity contribution is 6.31. The Bertz CT molecular complexity index is 679. The summed E-state index contributed by atoms with van der Waals surface area (Å²) in [6.45, 7) is 2.02. The molecule has 0 aliphatic rings. The van der Waals surface area contributed by atoms with Crippen molar-refractivity contribution in [2.45, 2.75) is 13.0 Å². The highest BCUT2D eigenvalue weighted by Gasteiger charge is 2.15. The van der Waals surface area contributed by atoms with Gasteiger partial charge in [0.15, 0.2) is 6.54 Å². The molecular weight excluding hydrogens is 310 g/mol. The number of hydrogen-bond donors (Lipinski definition) is 2. The van der Waals surface area contributed by atoms with Gasteiger partial charge in [-0.2, -0.15) is 0 Å². The molecule has 0 unspecified atom stereocenters. The third-order valence-electron chi connectivity index (χ3n) is 3.26. The largest absolute Gasteiger partial charge is 0.332 e. The van der Waals surface area contributed by atoms with Gasteiger partial charge in [0.25, 0.3) is 5.91 Å². The predicted octanol–water partition coefficient (Wildman–Crippen LogP) is 2.88. The van der Waals surface area contributed by atoms with Crippen molar-refractivity contribution in [1.29, 1.82) is 0 Å². The third-order valence-corrected chi connectivity index (χ3v) is 3.60. The predicted molar refractivity (Wildman–Crippen MR) is 81.6 cm³/mol. The van der Waals surface area contributed by atoms with Crippen LogP contribution in [0.15, 0.2) is 42.5 Å². The lowest BCUT2D eigenvalue weighted by molar-refractivity contribution is -0.682. The highest BCUT2D eigenvalue weighted by Crippen LogP contribution is 2.19. The summed E-state index contributed by atoms with van der Waals surface area (Å²) in [6, 6.07) is 10.4. The first-order valence-electron chi connectivity index (χ1n) is 6.80. The molecule has 0 aliphatic carbocycles. The minimum absolute atomic E-state index is 0.0162. The number of benzene rings is 2. The molecular formula is C16H16ClF2N2O+. The van der Waals surface area contributed by atoms with Crippen molar-refractivity contribution in [1.82, 2.24) is 0 Å². The van der Waals surface area contributed by atoms with Crippen LogP contribution in [0.1, 0.15) is 18.5 Å². The summed E-state index contributed by atoms with van der Waals surface area (Å²) >= 11 is 6.09. The van der Waals surface area contributed by atoms with E-state index in [1.54, 1.807) is 11.4 Å². The Hall–Kier alpha value is -1.98. The Kier molecular flexibility index (Phi) is 5.46. The number of carbonyl (C=O) groups is 1. The molecule has 2 aromatic carbocycles. The second-order valence-electron chi connectivity index (χ2n) is 4.92. The number of halogens is 3. The molecule has 0 radical (unpaired) electrons. The summed E-state index contributed by atoms with van der Waals surface area (Å²) in [5, 5.41) is 4.84. The maximum absolute atomic E-state index is 13.4. The van der Waals surface area contributed by atoms with Gasteiger partial charge >= 0.3 is 0 Å². The zero-order valence-electron chi connectivity index (χ0n) is 11.9. The van der Waals surface area contributed by atoms with Crippen molar-refractivity contribution in [3.8, 4) is 0 Å². The highest BCUT2D eigenvalue weighted by atomic mass is 35.5. The van der Waals surface area contributed by atoms with E-state index in [0.717, 1.165) is 17.7 Å². The third kappa shape index (κ3) is 4.26. The van der Waals surface area contributed by atoms with Gasteiger partial charge in [0.2, 0.25) is 0 Å². The minimum atomic E-state index is -0.799. The lowest BCUT2D eigenvalue weighted by Crippen LogP contribution is -2.86. The smallest absolute Gasteiger partial charge is 0.279 e. The fourth-order valence-electron chi connectivity index (χ4n) is 2.05. The molecule has 1 atom stereocenters. The fraction of sp³-hybridized carbons (Fsp3) is 0.188. The van der Waals surface area contributed by atoms with Gasteiger partial charge in [-0.05, 0) is 25.1 Å². The summed E-state index contributed by atoms with van der Waals surface area (Å²) in [5.74, 6) is -1.86. The van der Waals surface area contributed by atoms with Crippen molar-refractivity contribution in [2.24, 2.45) is 0 Å². The molecule has 0 saturated heterocycles. The number of nitrogens with one attached hydrogen (secondary N) is 1. The van der Waals surface area contributed by atoms with E-state index in [2.05, 4.69) is 5.32 Å². The molecule has 116 valence electrons. The number of carbonyl (C=O) groups excluding carboxylic acids is 1. The van der Waals surface area contributed by atoms with Gasteiger partial charge < -0.3 is 10.6 Å². The Morgan fingerprint density at radius 3 is 2.68 bits per heavy atom. The summed E-state index contributed by atoms with van der Waals surface area (Å²) in [5.41, 5.74) is 0.884. The van der Waals surface area contributed by atoms with Crippen molar-refractivity contribution in [2.75, 3.05) is 11.9 Å². The van der Waals surface area contributed by atoms with Crippen LogP contribution in [0.3, 0.4) is 0 Å². The van der Waals surface area contributed by atoms with E-state index < -0.39 is 11.6 Å². The quantitative estimate of drug-likeness (QED) is 0.872. The molecule has 2 rings (SSSR count). The van der Waals surface area contributed by atoms with Crippen LogP contribution in [0, 0.1) is 11.6 Å². The average Bonchev–Trinajstić information content (AvgIpc) is 2.48. The van der Waals surface area contributed by atoms with Crippen LogP contribution in [0.5, 0.6) is 0 Å². The van der Waals surface area contributed by atoms with E-state index in [-0.39, 0.29) is 24.2 Å². The normalized spacial score (nSPS) is 12.0. The molecule has 0 heterocycles. The first kappa shape index (κ1) is 16.4. The van der Waals surface area contributed by atoms with Crippen molar-refractivity contribution < 1.29 is 18.9 Å². The number of nitrogens with two attached hydrogens (primary N) is 1. The van der Waals surface area contributed by atoms with Gasteiger partial charge in [-0.25, -0.2) is 8.78 Å². The maximum Gasteiger partial charge on any atom is 0.279 e. The standard InChI is InChI=1S/C16H15ClF2N2O/c1-10(12-4-2-3-5-13(12)17)20-9-16(22)21-15-7-6-11(18)8-14(15)19/h2-8,10,20H,9H2,1H3,(H,21,22)/p+1/t10-/m0/s1. The first-order valence-corrected chi connectivity index (χ1v) is 7.18. The van der Waals surface area contributed by atoms with Gasteiger partial charge in [0.05, 0.1) is 5.69 Å². The Morgan fingerprint density at radius 1 is 1.27 bits per heavy atom. The molecule has 0 aromatic heterocycles. The Morgan fingerprint density at radius 2 is 2.00 bits per heavy atom. The van der Waals surface area contributed by atoms with Gasteiger partial charge in [-0.1, -0.05) is 29.8 Å². The van der Waals surface area contributed by atoms with Gasteiger partial charge in [0.1, 0.15) is 17.7 Å². The Balaban J connectivity index is 1.91. The van der Waals surface area contributed by atoms with E-state index in [1.807, 2.05) is 25.1 Å². The van der Waals surface area contributed by atoms with Crippen LogP contribution in [-0.4, -0.2) is 12.5 Å². The van der Waals surface area contributed by atoms with Crippen molar-refractivity contribution >= 4 is 23.2 Å². The van der Waals surface area contributed by atoms with E-state index in [1.165, 1.54) is 6.07 Å². The second-order valence-corrected chi connectivity index (χ2v) is 5.33. The monoisotopic (exact) mass is 325 g/mol. The van der Waals surface area contributed by atoms with E-state index >= 15 is 0 Å². The number of anilines is 1. The van der Waals surface area contributed by atoms with Crippen LogP contribution in [0.25, 0.3) is 0 Å². The van der Waals surface area contributed by atoms with Crippen molar-refractivity contribution in [3.63, 3.8) is 0 Å². The zero-order valence-corrected chi connectivity index (χ0v) is 12.7. The molecule has 3 N–H and O–H groups in total. The summed E-state index contributed by atoms with van der Waals surface area (Å²) in [7, 11) is 0. The lowest BCUT2D eigenvalue weighted by Gasteiger charge is -2.12. The summed E-state index contributed by atoms with van der Waals surface area (Å²) < 4.78 is 26.2. The molecule has 2 aromatic rings. The second kappa shape index (κ2) is 7.33. The molecule has 0 saturated carbocycles. The van der Waals surface area contributed by atoms with Gasteiger partial charge in [-0.15, -0.1) is 0 Å². The summed E-state index contributed by atoms with van der Waals surface area (Å²) in [6.07, 6.45) is 0. The van der Waals surface area contributed by atoms with Crippen molar-refractivity contribution in [3.05, 3.63) is 64.7 Å². The molecule has 3 nitrogen and oxygen atoms in total. The van der Waals surface area contributed by atoms with Crippen LogP contribution in [0.4, 0.5) is 14.5 Å². The number of hydrogen-bond acceptors (Lipinski definition) is 1.